The molecule has 28 heavy (non-hydrogen) atoms. The fraction of sp³-hybridized carbons (Fsp3) is 0.238. The smallest absolute Gasteiger partial charge is 0.325 e. The van der Waals surface area contributed by atoms with Crippen molar-refractivity contribution >= 4 is 34.3 Å². The number of rotatable bonds is 4. The number of para-hydroxylation sites is 1. The third kappa shape index (κ3) is 4.47. The van der Waals surface area contributed by atoms with Gasteiger partial charge in [-0.25, -0.2) is 4.98 Å². The summed E-state index contributed by atoms with van der Waals surface area (Å²) in [7, 11) is 0. The van der Waals surface area contributed by atoms with Crippen LogP contribution in [0, 0.1) is 20.8 Å². The highest BCUT2D eigenvalue weighted by Crippen LogP contribution is 2.34. The Bertz CT molecular complexity index is 1050. The van der Waals surface area contributed by atoms with E-state index in [9.17, 15) is 18.0 Å². The normalized spacial score (nSPS) is 11.6. The predicted octanol–water partition coefficient (Wildman–Crippen LogP) is 5.91. The van der Waals surface area contributed by atoms with Crippen molar-refractivity contribution in [2.24, 2.45) is 0 Å². The lowest BCUT2D eigenvalue weighted by Gasteiger charge is -2.13. The third-order valence-electron chi connectivity index (χ3n) is 4.28. The van der Waals surface area contributed by atoms with Crippen LogP contribution in [0.4, 0.5) is 18.9 Å². The first-order chi connectivity index (χ1) is 13.1. The standard InChI is InChI=1S/C21H19F3N2OS/c1-12-8-13(2)15-10-14(3)20(26-18(15)9-12)28-11-19(27)25-17-7-5-4-6-16(17)21(22,23)24/h4-10H,11H2,1-3H3,(H,25,27). The van der Waals surface area contributed by atoms with E-state index in [0.717, 1.165) is 33.7 Å². The van der Waals surface area contributed by atoms with Gasteiger partial charge in [0.1, 0.15) is 5.03 Å². The summed E-state index contributed by atoms with van der Waals surface area (Å²) in [5, 5.41) is 4.10. The molecule has 0 atom stereocenters. The second-order valence-electron chi connectivity index (χ2n) is 6.64. The molecule has 0 aliphatic rings. The fourth-order valence-electron chi connectivity index (χ4n) is 3.02. The molecule has 1 heterocycles. The maximum absolute atomic E-state index is 13.0. The molecule has 0 saturated heterocycles. The molecule has 146 valence electrons. The minimum Gasteiger partial charge on any atom is -0.325 e. The van der Waals surface area contributed by atoms with Gasteiger partial charge < -0.3 is 5.32 Å². The Labute approximate surface area is 165 Å². The molecule has 1 N–H and O–H groups in total. The Morgan fingerprint density at radius 3 is 2.50 bits per heavy atom. The van der Waals surface area contributed by atoms with Gasteiger partial charge in [0, 0.05) is 5.39 Å². The summed E-state index contributed by atoms with van der Waals surface area (Å²) in [6, 6.07) is 11.0. The molecule has 0 radical (unpaired) electrons. The SMILES string of the molecule is Cc1cc(C)c2cc(C)c(SCC(=O)Nc3ccccc3C(F)(F)F)nc2c1. The zero-order valence-electron chi connectivity index (χ0n) is 15.6. The van der Waals surface area contributed by atoms with Crippen LogP contribution in [0.1, 0.15) is 22.3 Å². The number of nitrogens with one attached hydrogen (secondary N) is 1. The summed E-state index contributed by atoms with van der Waals surface area (Å²) in [4.78, 5) is 16.9. The summed E-state index contributed by atoms with van der Waals surface area (Å²) < 4.78 is 39.1. The van der Waals surface area contributed by atoms with Crippen LogP contribution < -0.4 is 5.32 Å². The topological polar surface area (TPSA) is 42.0 Å². The lowest BCUT2D eigenvalue weighted by molar-refractivity contribution is -0.137. The van der Waals surface area contributed by atoms with Gasteiger partial charge in [-0.2, -0.15) is 13.2 Å². The number of fused-ring (bicyclic) bond motifs is 1. The zero-order chi connectivity index (χ0) is 20.5. The maximum Gasteiger partial charge on any atom is 0.418 e. The summed E-state index contributed by atoms with van der Waals surface area (Å²) >= 11 is 1.21. The van der Waals surface area contributed by atoms with Crippen molar-refractivity contribution in [2.75, 3.05) is 11.1 Å². The first kappa shape index (κ1) is 20.2. The van der Waals surface area contributed by atoms with E-state index in [0.29, 0.717) is 5.03 Å². The number of anilines is 1. The Hall–Kier alpha value is -2.54. The van der Waals surface area contributed by atoms with E-state index >= 15 is 0 Å². The van der Waals surface area contributed by atoms with Gasteiger partial charge in [0.15, 0.2) is 0 Å². The van der Waals surface area contributed by atoms with Crippen LogP contribution >= 0.6 is 11.8 Å². The van der Waals surface area contributed by atoms with Crippen LogP contribution in [-0.4, -0.2) is 16.6 Å². The van der Waals surface area contributed by atoms with Gasteiger partial charge in [-0.05, 0) is 61.7 Å². The number of hydrogen-bond donors (Lipinski definition) is 1. The number of thioether (sulfide) groups is 1. The fourth-order valence-corrected chi connectivity index (χ4v) is 3.81. The number of pyridine rings is 1. The molecule has 7 heteroatoms. The molecule has 0 aliphatic carbocycles. The van der Waals surface area contributed by atoms with Crippen molar-refractivity contribution in [3.63, 3.8) is 0 Å². The number of carbonyl (C=O) groups excluding carboxylic acids is 1. The molecule has 3 rings (SSSR count). The quantitative estimate of drug-likeness (QED) is 0.550. The highest BCUT2D eigenvalue weighted by molar-refractivity contribution is 8.00. The van der Waals surface area contributed by atoms with Crippen LogP contribution in [0.15, 0.2) is 47.5 Å². The molecule has 2 aromatic carbocycles. The first-order valence-corrected chi connectivity index (χ1v) is 9.61. The lowest BCUT2D eigenvalue weighted by atomic mass is 10.1. The Morgan fingerprint density at radius 2 is 1.79 bits per heavy atom. The molecule has 0 unspecified atom stereocenters. The second kappa shape index (κ2) is 7.83. The van der Waals surface area contributed by atoms with E-state index in [4.69, 9.17) is 0 Å². The molecule has 3 nitrogen and oxygen atoms in total. The van der Waals surface area contributed by atoms with Gasteiger partial charge in [0.05, 0.1) is 22.5 Å². The highest BCUT2D eigenvalue weighted by atomic mass is 32.2. The second-order valence-corrected chi connectivity index (χ2v) is 7.60. The summed E-state index contributed by atoms with van der Waals surface area (Å²) in [6.45, 7) is 5.92. The van der Waals surface area contributed by atoms with Crippen molar-refractivity contribution in [3.8, 4) is 0 Å². The molecular formula is C21H19F3N2OS. The van der Waals surface area contributed by atoms with Crippen molar-refractivity contribution < 1.29 is 18.0 Å². The van der Waals surface area contributed by atoms with Crippen LogP contribution in [0.5, 0.6) is 0 Å². The molecule has 0 bridgehead atoms. The van der Waals surface area contributed by atoms with Crippen molar-refractivity contribution in [1.82, 2.24) is 4.98 Å². The average molecular weight is 404 g/mol. The van der Waals surface area contributed by atoms with Crippen LogP contribution in [0.25, 0.3) is 10.9 Å². The van der Waals surface area contributed by atoms with E-state index in [1.54, 1.807) is 0 Å². The lowest BCUT2D eigenvalue weighted by Crippen LogP contribution is -2.18. The summed E-state index contributed by atoms with van der Waals surface area (Å²) in [5.41, 5.74) is 2.89. The number of carbonyl (C=O) groups is 1. The highest BCUT2D eigenvalue weighted by Gasteiger charge is 2.33. The number of amides is 1. The molecule has 0 saturated carbocycles. The van der Waals surface area contributed by atoms with Gasteiger partial charge in [0.2, 0.25) is 5.91 Å². The predicted molar refractivity (Wildman–Crippen MR) is 107 cm³/mol. The Kier molecular flexibility index (Phi) is 5.65. The summed E-state index contributed by atoms with van der Waals surface area (Å²) in [5.74, 6) is -0.542. The van der Waals surface area contributed by atoms with Crippen LogP contribution in [0.3, 0.4) is 0 Å². The van der Waals surface area contributed by atoms with E-state index in [1.165, 1.54) is 30.0 Å². The molecule has 0 fully saturated rings. The Morgan fingerprint density at radius 1 is 1.07 bits per heavy atom. The molecule has 0 spiro atoms. The first-order valence-electron chi connectivity index (χ1n) is 8.62. The van der Waals surface area contributed by atoms with Gasteiger partial charge in [-0.15, -0.1) is 0 Å². The van der Waals surface area contributed by atoms with E-state index in [2.05, 4.69) is 16.4 Å². The van der Waals surface area contributed by atoms with Gasteiger partial charge in [0.25, 0.3) is 0 Å². The molecule has 1 aromatic heterocycles. The Balaban J connectivity index is 1.76. The number of nitrogens with zero attached hydrogens (tertiary/aromatic N) is 1. The minimum absolute atomic E-state index is 0.0314. The number of hydrogen-bond acceptors (Lipinski definition) is 3. The average Bonchev–Trinajstić information content (AvgIpc) is 2.60. The summed E-state index contributed by atoms with van der Waals surface area (Å²) in [6.07, 6.45) is -4.52. The van der Waals surface area contributed by atoms with Crippen molar-refractivity contribution in [1.29, 1.82) is 0 Å². The van der Waals surface area contributed by atoms with Crippen LogP contribution in [-0.2, 0) is 11.0 Å². The van der Waals surface area contributed by atoms with Crippen LogP contribution in [0.2, 0.25) is 0 Å². The van der Waals surface area contributed by atoms with Gasteiger partial charge in [-0.1, -0.05) is 30.0 Å². The number of aromatic nitrogens is 1. The van der Waals surface area contributed by atoms with Crippen molar-refractivity contribution in [3.05, 3.63) is 64.7 Å². The number of halogens is 3. The zero-order valence-corrected chi connectivity index (χ0v) is 16.5. The molecule has 3 aromatic rings. The van der Waals surface area contributed by atoms with E-state index in [-0.39, 0.29) is 11.4 Å². The molecule has 1 amide bonds. The third-order valence-corrected chi connectivity index (χ3v) is 5.37. The van der Waals surface area contributed by atoms with Gasteiger partial charge in [-0.3, -0.25) is 4.79 Å². The number of benzene rings is 2. The van der Waals surface area contributed by atoms with Gasteiger partial charge >= 0.3 is 6.18 Å². The maximum atomic E-state index is 13.0. The largest absolute Gasteiger partial charge is 0.418 e. The minimum atomic E-state index is -4.52. The van der Waals surface area contributed by atoms with E-state index < -0.39 is 17.6 Å². The van der Waals surface area contributed by atoms with E-state index in [1.807, 2.05) is 32.9 Å². The number of alkyl halides is 3. The molecular weight excluding hydrogens is 385 g/mol. The monoisotopic (exact) mass is 404 g/mol. The number of aryl methyl sites for hydroxylation is 3. The molecule has 0 aliphatic heterocycles. The van der Waals surface area contributed by atoms with Crippen molar-refractivity contribution in [2.45, 2.75) is 32.0 Å².